The van der Waals surface area contributed by atoms with Crippen LogP contribution in [-0.4, -0.2) is 25.1 Å². The minimum Gasteiger partial charge on any atom is -0.548 e. The Morgan fingerprint density at radius 1 is 1.44 bits per heavy atom. The second-order valence-electron chi connectivity index (χ2n) is 3.21. The Labute approximate surface area is 108 Å². The van der Waals surface area contributed by atoms with Crippen LogP contribution in [-0.2, 0) is 14.3 Å². The molecule has 0 atom stereocenters. The molecule has 0 heterocycles. The van der Waals surface area contributed by atoms with E-state index in [0.29, 0.717) is 5.02 Å². The van der Waals surface area contributed by atoms with Crippen molar-refractivity contribution in [2.75, 3.05) is 18.5 Å². The van der Waals surface area contributed by atoms with Crippen molar-refractivity contribution in [3.63, 3.8) is 0 Å². The maximum Gasteiger partial charge on any atom is 0.250 e. The Bertz CT molecular complexity index is 510. The van der Waals surface area contributed by atoms with Crippen molar-refractivity contribution in [3.05, 3.63) is 28.8 Å². The van der Waals surface area contributed by atoms with Gasteiger partial charge in [0.05, 0.1) is 23.8 Å². The first-order valence-corrected chi connectivity index (χ1v) is 5.18. The second-order valence-corrected chi connectivity index (χ2v) is 3.65. The van der Waals surface area contributed by atoms with E-state index in [1.54, 1.807) is 0 Å². The molecule has 0 radical (unpaired) electrons. The number of hydrogen-bond acceptors (Lipinski definition) is 5. The zero-order valence-corrected chi connectivity index (χ0v) is 9.86. The van der Waals surface area contributed by atoms with E-state index >= 15 is 0 Å². The molecule has 0 aliphatic heterocycles. The Hall–Kier alpha value is -2.10. The molecule has 0 fully saturated rings. The van der Waals surface area contributed by atoms with Gasteiger partial charge in [0.2, 0.25) is 5.91 Å². The number of carbonyl (C=O) groups excluding carboxylic acids is 2. The van der Waals surface area contributed by atoms with Crippen LogP contribution in [0.25, 0.3) is 0 Å². The molecule has 0 spiro atoms. The van der Waals surface area contributed by atoms with Crippen LogP contribution in [0.15, 0.2) is 18.2 Å². The van der Waals surface area contributed by atoms with Crippen LogP contribution in [0.3, 0.4) is 0 Å². The number of halogens is 1. The van der Waals surface area contributed by atoms with E-state index in [9.17, 15) is 14.7 Å². The van der Waals surface area contributed by atoms with Crippen LogP contribution < -0.4 is 10.4 Å². The van der Waals surface area contributed by atoms with E-state index in [1.807, 2.05) is 6.07 Å². The van der Waals surface area contributed by atoms with Crippen LogP contribution in [0.2, 0.25) is 5.02 Å². The SMILES string of the molecule is N#Cc1cc(Cl)ccc1NC(=O)COCC(=O)[O-]. The van der Waals surface area contributed by atoms with Gasteiger partial charge < -0.3 is 20.0 Å². The standard InChI is InChI=1S/C11H9ClN2O4/c12-8-1-2-9(7(3-8)4-13)14-10(15)5-18-6-11(16)17/h1-3H,5-6H2,(H,14,15)(H,16,17)/p-1. The second kappa shape index (κ2) is 6.59. The highest BCUT2D eigenvalue weighted by Crippen LogP contribution is 2.19. The van der Waals surface area contributed by atoms with Crippen molar-refractivity contribution >= 4 is 29.2 Å². The van der Waals surface area contributed by atoms with E-state index in [-0.39, 0.29) is 11.3 Å². The minimum atomic E-state index is -1.41. The minimum absolute atomic E-state index is 0.204. The van der Waals surface area contributed by atoms with Crippen molar-refractivity contribution in [1.29, 1.82) is 5.26 Å². The molecule has 18 heavy (non-hydrogen) atoms. The summed E-state index contributed by atoms with van der Waals surface area (Å²) >= 11 is 5.69. The maximum atomic E-state index is 11.4. The lowest BCUT2D eigenvalue weighted by molar-refractivity contribution is -0.309. The van der Waals surface area contributed by atoms with Gasteiger partial charge in [0.25, 0.3) is 0 Å². The first-order valence-electron chi connectivity index (χ1n) is 4.80. The number of hydrogen-bond donors (Lipinski definition) is 1. The molecule has 0 saturated heterocycles. The summed E-state index contributed by atoms with van der Waals surface area (Å²) in [5.74, 6) is -1.98. The lowest BCUT2D eigenvalue weighted by atomic mass is 10.2. The quantitative estimate of drug-likeness (QED) is 0.804. The van der Waals surface area contributed by atoms with Crippen molar-refractivity contribution < 1.29 is 19.4 Å². The highest BCUT2D eigenvalue weighted by atomic mass is 35.5. The van der Waals surface area contributed by atoms with Gasteiger partial charge in [-0.2, -0.15) is 5.26 Å². The highest BCUT2D eigenvalue weighted by molar-refractivity contribution is 6.30. The molecule has 1 aromatic carbocycles. The molecular formula is C11H8ClN2O4-. The number of carbonyl (C=O) groups is 2. The largest absolute Gasteiger partial charge is 0.548 e. The zero-order valence-electron chi connectivity index (χ0n) is 9.10. The third kappa shape index (κ3) is 4.41. The van der Waals surface area contributed by atoms with Gasteiger partial charge in [-0.25, -0.2) is 0 Å². The monoisotopic (exact) mass is 267 g/mol. The number of ether oxygens (including phenoxy) is 1. The van der Waals surface area contributed by atoms with Crippen molar-refractivity contribution in [3.8, 4) is 6.07 Å². The Kier molecular flexibility index (Phi) is 5.11. The fourth-order valence-corrected chi connectivity index (χ4v) is 1.30. The Morgan fingerprint density at radius 2 is 2.17 bits per heavy atom. The third-order valence-electron chi connectivity index (χ3n) is 1.83. The summed E-state index contributed by atoms with van der Waals surface area (Å²) in [6, 6.07) is 6.26. The smallest absolute Gasteiger partial charge is 0.250 e. The number of carboxylic acid groups (broad SMARTS) is 1. The van der Waals surface area contributed by atoms with Gasteiger partial charge in [-0.05, 0) is 18.2 Å². The van der Waals surface area contributed by atoms with Gasteiger partial charge in [0, 0.05) is 5.02 Å². The number of aliphatic carboxylic acids is 1. The molecule has 0 bridgehead atoms. The molecule has 1 amide bonds. The Balaban J connectivity index is 2.59. The van der Waals surface area contributed by atoms with Crippen LogP contribution in [0.4, 0.5) is 5.69 Å². The summed E-state index contributed by atoms with van der Waals surface area (Å²) in [5, 5.41) is 21.7. The number of nitrogens with one attached hydrogen (secondary N) is 1. The molecule has 1 aromatic rings. The number of anilines is 1. The molecule has 1 rings (SSSR count). The van der Waals surface area contributed by atoms with Crippen LogP contribution in [0.5, 0.6) is 0 Å². The van der Waals surface area contributed by atoms with Crippen molar-refractivity contribution in [2.24, 2.45) is 0 Å². The molecule has 94 valence electrons. The summed E-state index contributed by atoms with van der Waals surface area (Å²) in [5.41, 5.74) is 0.486. The molecule has 7 heteroatoms. The van der Waals surface area contributed by atoms with E-state index in [1.165, 1.54) is 18.2 Å². The summed E-state index contributed by atoms with van der Waals surface area (Å²) in [7, 11) is 0. The first kappa shape index (κ1) is 14.0. The lowest BCUT2D eigenvalue weighted by Gasteiger charge is -2.08. The molecule has 0 aromatic heterocycles. The summed E-state index contributed by atoms with van der Waals surface area (Å²) in [6.45, 7) is -1.11. The third-order valence-corrected chi connectivity index (χ3v) is 2.06. The number of amides is 1. The zero-order chi connectivity index (χ0) is 13.5. The molecule has 0 saturated carbocycles. The van der Waals surface area contributed by atoms with Crippen LogP contribution in [0, 0.1) is 11.3 Å². The van der Waals surface area contributed by atoms with Gasteiger partial charge >= 0.3 is 0 Å². The van der Waals surface area contributed by atoms with Crippen LogP contribution in [0.1, 0.15) is 5.56 Å². The average molecular weight is 268 g/mol. The Morgan fingerprint density at radius 3 is 2.78 bits per heavy atom. The van der Waals surface area contributed by atoms with Crippen molar-refractivity contribution in [2.45, 2.75) is 0 Å². The topological polar surface area (TPSA) is 102 Å². The summed E-state index contributed by atoms with van der Waals surface area (Å²) in [4.78, 5) is 21.4. The normalized spacial score (nSPS) is 9.56. The van der Waals surface area contributed by atoms with E-state index < -0.39 is 25.1 Å². The molecule has 0 unspecified atom stereocenters. The number of rotatable bonds is 5. The number of benzene rings is 1. The molecule has 0 aliphatic carbocycles. The summed E-state index contributed by atoms with van der Waals surface area (Å²) < 4.78 is 4.54. The van der Waals surface area contributed by atoms with Gasteiger partial charge in [-0.3, -0.25) is 4.79 Å². The fourth-order valence-electron chi connectivity index (χ4n) is 1.13. The lowest BCUT2D eigenvalue weighted by Crippen LogP contribution is -2.29. The van der Waals surface area contributed by atoms with Gasteiger partial charge in [0.1, 0.15) is 12.7 Å². The number of nitrogens with zero attached hydrogens (tertiary/aromatic N) is 1. The van der Waals surface area contributed by atoms with Gasteiger partial charge in [0.15, 0.2) is 0 Å². The molecule has 6 nitrogen and oxygen atoms in total. The fraction of sp³-hybridized carbons (Fsp3) is 0.182. The number of carboxylic acids is 1. The average Bonchev–Trinajstić information content (AvgIpc) is 2.31. The van der Waals surface area contributed by atoms with Crippen molar-refractivity contribution in [1.82, 2.24) is 0 Å². The molecule has 0 aliphatic rings. The molecule has 1 N–H and O–H groups in total. The van der Waals surface area contributed by atoms with Crippen LogP contribution >= 0.6 is 11.6 Å². The predicted octanol–water partition coefficient (Wildman–Crippen LogP) is -0.0833. The van der Waals surface area contributed by atoms with Gasteiger partial charge in [-0.15, -0.1) is 0 Å². The highest BCUT2D eigenvalue weighted by Gasteiger charge is 2.07. The summed E-state index contributed by atoms with van der Waals surface area (Å²) in [6.07, 6.45) is 0. The maximum absolute atomic E-state index is 11.4. The van der Waals surface area contributed by atoms with E-state index in [2.05, 4.69) is 10.1 Å². The number of nitriles is 1. The molecular weight excluding hydrogens is 260 g/mol. The van der Waals surface area contributed by atoms with E-state index in [0.717, 1.165) is 0 Å². The van der Waals surface area contributed by atoms with E-state index in [4.69, 9.17) is 16.9 Å². The van der Waals surface area contributed by atoms with Gasteiger partial charge in [-0.1, -0.05) is 11.6 Å². The predicted molar refractivity (Wildman–Crippen MR) is 60.6 cm³/mol. The first-order chi connectivity index (χ1) is 8.52.